The van der Waals surface area contributed by atoms with E-state index >= 15 is 0 Å². The van der Waals surface area contributed by atoms with Gasteiger partial charge in [0, 0.05) is 12.5 Å². The van der Waals surface area contributed by atoms with Crippen LogP contribution >= 0.6 is 23.2 Å². The van der Waals surface area contributed by atoms with Gasteiger partial charge < -0.3 is 0 Å². The Hall–Kier alpha value is -0.550. The van der Waals surface area contributed by atoms with Crippen molar-refractivity contribution in [3.05, 3.63) is 22.2 Å². The van der Waals surface area contributed by atoms with Crippen molar-refractivity contribution in [3.8, 4) is 0 Å². The first-order valence-corrected chi connectivity index (χ1v) is 4.38. The highest BCUT2D eigenvalue weighted by Gasteiger charge is 2.27. The first kappa shape index (κ1) is 11.5. The first-order valence-electron chi connectivity index (χ1n) is 3.62. The summed E-state index contributed by atoms with van der Waals surface area (Å²) in [5.74, 6) is -0.000162. The molecule has 0 fully saturated rings. The SMILES string of the molecule is FC(F)(F)CCc1nc(Cl)cc(Cl)n1. The van der Waals surface area contributed by atoms with Gasteiger partial charge in [-0.05, 0) is 0 Å². The van der Waals surface area contributed by atoms with Crippen LogP contribution in [0.15, 0.2) is 6.07 Å². The van der Waals surface area contributed by atoms with E-state index in [4.69, 9.17) is 23.2 Å². The molecular formula is C7H5Cl2F3N2. The predicted octanol–water partition coefficient (Wildman–Crippen LogP) is 3.28. The van der Waals surface area contributed by atoms with Gasteiger partial charge in [0.15, 0.2) is 0 Å². The van der Waals surface area contributed by atoms with E-state index in [1.54, 1.807) is 0 Å². The van der Waals surface area contributed by atoms with Gasteiger partial charge in [0.2, 0.25) is 0 Å². The Morgan fingerprint density at radius 3 is 2.07 bits per heavy atom. The van der Waals surface area contributed by atoms with E-state index in [9.17, 15) is 13.2 Å². The summed E-state index contributed by atoms with van der Waals surface area (Å²) < 4.78 is 35.5. The molecule has 1 heterocycles. The molecule has 0 bridgehead atoms. The molecule has 14 heavy (non-hydrogen) atoms. The molecule has 0 aromatic carbocycles. The van der Waals surface area contributed by atoms with Gasteiger partial charge in [0.25, 0.3) is 0 Å². The van der Waals surface area contributed by atoms with Crippen LogP contribution in [0.4, 0.5) is 13.2 Å². The van der Waals surface area contributed by atoms with Gasteiger partial charge in [0.1, 0.15) is 16.1 Å². The van der Waals surface area contributed by atoms with Crippen molar-refractivity contribution in [2.45, 2.75) is 19.0 Å². The summed E-state index contributed by atoms with van der Waals surface area (Å²) in [6, 6.07) is 1.26. The quantitative estimate of drug-likeness (QED) is 0.747. The van der Waals surface area contributed by atoms with Crippen LogP contribution in [0.1, 0.15) is 12.2 Å². The molecule has 0 radical (unpaired) electrons. The molecule has 0 atom stereocenters. The molecule has 0 N–H and O–H groups in total. The van der Waals surface area contributed by atoms with Crippen molar-refractivity contribution in [1.29, 1.82) is 0 Å². The van der Waals surface area contributed by atoms with E-state index < -0.39 is 12.6 Å². The fourth-order valence-corrected chi connectivity index (χ4v) is 1.26. The van der Waals surface area contributed by atoms with Crippen LogP contribution in [-0.2, 0) is 6.42 Å². The van der Waals surface area contributed by atoms with E-state index in [1.807, 2.05) is 0 Å². The van der Waals surface area contributed by atoms with Gasteiger partial charge in [-0.25, -0.2) is 9.97 Å². The molecular weight excluding hydrogens is 240 g/mol. The number of aromatic nitrogens is 2. The average Bonchev–Trinajstić information content (AvgIpc) is 1.97. The fraction of sp³-hybridized carbons (Fsp3) is 0.429. The topological polar surface area (TPSA) is 25.8 Å². The third-order valence-electron chi connectivity index (χ3n) is 1.34. The Labute approximate surface area is 88.1 Å². The summed E-state index contributed by atoms with van der Waals surface area (Å²) in [5.41, 5.74) is 0. The molecule has 0 spiro atoms. The molecule has 2 nitrogen and oxygen atoms in total. The van der Waals surface area contributed by atoms with Gasteiger partial charge >= 0.3 is 6.18 Å². The van der Waals surface area contributed by atoms with Gasteiger partial charge in [-0.1, -0.05) is 23.2 Å². The minimum atomic E-state index is -4.22. The highest BCUT2D eigenvalue weighted by molar-refractivity contribution is 6.33. The monoisotopic (exact) mass is 244 g/mol. The molecule has 1 aromatic heterocycles. The van der Waals surface area contributed by atoms with E-state index in [2.05, 4.69) is 9.97 Å². The maximum Gasteiger partial charge on any atom is 0.389 e. The molecule has 0 aliphatic heterocycles. The highest BCUT2D eigenvalue weighted by atomic mass is 35.5. The number of alkyl halides is 3. The number of rotatable bonds is 2. The third-order valence-corrected chi connectivity index (χ3v) is 1.73. The van der Waals surface area contributed by atoms with Gasteiger partial charge in [-0.15, -0.1) is 0 Å². The highest BCUT2D eigenvalue weighted by Crippen LogP contribution is 2.22. The minimum Gasteiger partial charge on any atom is -0.221 e. The normalized spacial score (nSPS) is 11.8. The zero-order chi connectivity index (χ0) is 10.8. The van der Waals surface area contributed by atoms with Crippen molar-refractivity contribution in [2.75, 3.05) is 0 Å². The van der Waals surface area contributed by atoms with Crippen LogP contribution in [0.3, 0.4) is 0 Å². The lowest BCUT2D eigenvalue weighted by Crippen LogP contribution is -2.10. The Morgan fingerprint density at radius 1 is 1.14 bits per heavy atom. The summed E-state index contributed by atoms with van der Waals surface area (Å²) in [5, 5.41) is 0.0874. The molecule has 0 aliphatic carbocycles. The smallest absolute Gasteiger partial charge is 0.221 e. The molecule has 0 aliphatic rings. The van der Waals surface area contributed by atoms with Crippen LogP contribution < -0.4 is 0 Å². The fourth-order valence-electron chi connectivity index (χ4n) is 0.800. The van der Waals surface area contributed by atoms with Crippen LogP contribution in [-0.4, -0.2) is 16.1 Å². The molecule has 1 rings (SSSR count). The Bertz CT molecular complexity index is 307. The van der Waals surface area contributed by atoms with Crippen molar-refractivity contribution in [2.24, 2.45) is 0 Å². The van der Waals surface area contributed by atoms with Crippen molar-refractivity contribution in [1.82, 2.24) is 9.97 Å². The van der Waals surface area contributed by atoms with Crippen LogP contribution in [0.25, 0.3) is 0 Å². The maximum absolute atomic E-state index is 11.8. The van der Waals surface area contributed by atoms with E-state index in [0.717, 1.165) is 0 Å². The predicted molar refractivity (Wildman–Crippen MR) is 46.4 cm³/mol. The zero-order valence-corrected chi connectivity index (χ0v) is 8.29. The van der Waals surface area contributed by atoms with Gasteiger partial charge in [-0.2, -0.15) is 13.2 Å². The molecule has 0 unspecified atom stereocenters. The van der Waals surface area contributed by atoms with E-state index in [0.29, 0.717) is 0 Å². The lowest BCUT2D eigenvalue weighted by atomic mass is 10.3. The average molecular weight is 245 g/mol. The Balaban J connectivity index is 2.68. The molecule has 1 aromatic rings. The lowest BCUT2D eigenvalue weighted by Gasteiger charge is -2.05. The Kier molecular flexibility index (Phi) is 3.55. The van der Waals surface area contributed by atoms with E-state index in [1.165, 1.54) is 6.07 Å². The molecule has 78 valence electrons. The second-order valence-corrected chi connectivity index (χ2v) is 3.32. The number of nitrogens with zero attached hydrogens (tertiary/aromatic N) is 2. The standard InChI is InChI=1S/C7H5Cl2F3N2/c8-4-3-5(9)14-6(13-4)1-2-7(10,11)12/h3H,1-2H2. The molecule has 0 amide bonds. The van der Waals surface area contributed by atoms with Crippen LogP contribution in [0.5, 0.6) is 0 Å². The summed E-state index contributed by atoms with van der Waals surface area (Å²) >= 11 is 11.0. The summed E-state index contributed by atoms with van der Waals surface area (Å²) in [4.78, 5) is 7.21. The molecule has 0 saturated heterocycles. The third kappa shape index (κ3) is 4.11. The summed E-state index contributed by atoms with van der Waals surface area (Å²) in [7, 11) is 0. The van der Waals surface area contributed by atoms with Crippen molar-refractivity contribution in [3.63, 3.8) is 0 Å². The summed E-state index contributed by atoms with van der Waals surface area (Å²) in [6.45, 7) is 0. The van der Waals surface area contributed by atoms with Crippen LogP contribution in [0, 0.1) is 0 Å². The van der Waals surface area contributed by atoms with Crippen molar-refractivity contribution < 1.29 is 13.2 Å². The number of hydrogen-bond donors (Lipinski definition) is 0. The van der Waals surface area contributed by atoms with Crippen LogP contribution in [0.2, 0.25) is 10.3 Å². The Morgan fingerprint density at radius 2 is 1.64 bits per heavy atom. The zero-order valence-electron chi connectivity index (χ0n) is 6.78. The summed E-state index contributed by atoms with van der Waals surface area (Å²) in [6.07, 6.45) is -5.52. The van der Waals surface area contributed by atoms with Gasteiger partial charge in [-0.3, -0.25) is 0 Å². The maximum atomic E-state index is 11.8. The number of halogens is 5. The number of aryl methyl sites for hydroxylation is 1. The van der Waals surface area contributed by atoms with E-state index in [-0.39, 0.29) is 22.6 Å². The van der Waals surface area contributed by atoms with Gasteiger partial charge in [0.05, 0.1) is 6.42 Å². The lowest BCUT2D eigenvalue weighted by molar-refractivity contribution is -0.134. The molecule has 7 heteroatoms. The first-order chi connectivity index (χ1) is 6.37. The second kappa shape index (κ2) is 4.31. The van der Waals surface area contributed by atoms with Crippen molar-refractivity contribution >= 4 is 23.2 Å². The second-order valence-electron chi connectivity index (χ2n) is 2.54. The molecule has 0 saturated carbocycles. The number of hydrogen-bond acceptors (Lipinski definition) is 2. The largest absolute Gasteiger partial charge is 0.389 e. The minimum absolute atomic E-state index is 0.000162.